The molecule has 0 saturated carbocycles. The number of ether oxygens (including phenoxy) is 2. The lowest BCUT2D eigenvalue weighted by Gasteiger charge is -2.37. The van der Waals surface area contributed by atoms with E-state index in [0.29, 0.717) is 17.9 Å². The van der Waals surface area contributed by atoms with Crippen molar-refractivity contribution in [3.8, 4) is 11.5 Å². The molecule has 3 aliphatic heterocycles. The maximum absolute atomic E-state index is 12.7. The molecule has 3 aromatic rings. The molecule has 6 rings (SSSR count). The third kappa shape index (κ3) is 1.95. The van der Waals surface area contributed by atoms with E-state index in [9.17, 15) is 9.59 Å². The monoisotopic (exact) mass is 360 g/mol. The Morgan fingerprint density at radius 1 is 1.04 bits per heavy atom. The summed E-state index contributed by atoms with van der Waals surface area (Å²) in [4.78, 5) is 30.5. The van der Waals surface area contributed by atoms with Crippen LogP contribution in [0.4, 0.5) is 0 Å². The van der Waals surface area contributed by atoms with E-state index in [1.165, 1.54) is 0 Å². The van der Waals surface area contributed by atoms with Crippen LogP contribution in [0.3, 0.4) is 0 Å². The fraction of sp³-hybridized carbons (Fsp3) is 0.238. The van der Waals surface area contributed by atoms with Crippen LogP contribution in [0.1, 0.15) is 29.3 Å². The van der Waals surface area contributed by atoms with E-state index in [0.717, 1.165) is 27.7 Å². The molecular weight excluding hydrogens is 344 g/mol. The number of para-hydroxylation sites is 1. The van der Waals surface area contributed by atoms with E-state index in [4.69, 9.17) is 9.47 Å². The molecule has 6 nitrogen and oxygen atoms in total. The predicted molar refractivity (Wildman–Crippen MR) is 96.7 cm³/mol. The average Bonchev–Trinajstić information content (AvgIpc) is 3.36. The number of fused-ring (bicyclic) bond motifs is 5. The first kappa shape index (κ1) is 14.8. The van der Waals surface area contributed by atoms with Gasteiger partial charge in [-0.15, -0.1) is 0 Å². The Bertz CT molecular complexity index is 1130. The fourth-order valence-electron chi connectivity index (χ4n) is 4.64. The molecule has 3 aliphatic rings. The van der Waals surface area contributed by atoms with Crippen molar-refractivity contribution < 1.29 is 19.1 Å². The molecule has 2 atom stereocenters. The molecule has 1 amide bonds. The van der Waals surface area contributed by atoms with Crippen LogP contribution in [0, 0.1) is 0 Å². The van der Waals surface area contributed by atoms with Crippen LogP contribution in [-0.2, 0) is 16.0 Å². The highest BCUT2D eigenvalue weighted by Crippen LogP contribution is 2.45. The van der Waals surface area contributed by atoms with Crippen molar-refractivity contribution in [2.75, 3.05) is 6.79 Å². The van der Waals surface area contributed by atoms with Crippen LogP contribution in [0.15, 0.2) is 42.5 Å². The number of hydrogen-bond donors (Lipinski definition) is 1. The fourth-order valence-corrected chi connectivity index (χ4v) is 4.64. The minimum absolute atomic E-state index is 0.00155. The number of hydrogen-bond acceptors (Lipinski definition) is 4. The highest BCUT2D eigenvalue weighted by molar-refractivity contribution is 6.08. The number of Topliss-reactive ketones (excluding diaryl/α,β-unsaturated/α-hetero) is 1. The number of amides is 1. The number of H-pyrrole nitrogens is 1. The highest BCUT2D eigenvalue weighted by Gasteiger charge is 2.48. The third-order valence-corrected chi connectivity index (χ3v) is 5.83. The summed E-state index contributed by atoms with van der Waals surface area (Å²) >= 11 is 0. The van der Waals surface area contributed by atoms with Crippen molar-refractivity contribution in [2.24, 2.45) is 0 Å². The number of ketones is 1. The second-order valence-electron chi connectivity index (χ2n) is 7.24. The van der Waals surface area contributed by atoms with Crippen molar-refractivity contribution in [3.63, 3.8) is 0 Å². The summed E-state index contributed by atoms with van der Waals surface area (Å²) in [7, 11) is 0. The first-order valence-electron chi connectivity index (χ1n) is 9.03. The summed E-state index contributed by atoms with van der Waals surface area (Å²) in [5, 5.41) is 1.12. The number of aromatic nitrogens is 1. The van der Waals surface area contributed by atoms with Crippen LogP contribution in [0.25, 0.3) is 10.9 Å². The zero-order chi connectivity index (χ0) is 18.1. The molecule has 27 heavy (non-hydrogen) atoms. The van der Waals surface area contributed by atoms with Gasteiger partial charge >= 0.3 is 0 Å². The summed E-state index contributed by atoms with van der Waals surface area (Å²) in [6.45, 7) is 0.199. The summed E-state index contributed by atoms with van der Waals surface area (Å²) in [6.07, 6.45) is 0.541. The zero-order valence-electron chi connectivity index (χ0n) is 14.4. The van der Waals surface area contributed by atoms with Gasteiger partial charge in [0.05, 0.1) is 18.5 Å². The molecule has 0 spiro atoms. The van der Waals surface area contributed by atoms with Gasteiger partial charge in [-0.2, -0.15) is 0 Å². The second kappa shape index (κ2) is 5.13. The van der Waals surface area contributed by atoms with Crippen molar-refractivity contribution >= 4 is 22.6 Å². The minimum atomic E-state index is -0.403. The Kier molecular flexibility index (Phi) is 2.82. The maximum atomic E-state index is 12.7. The van der Waals surface area contributed by atoms with Crippen LogP contribution in [0.5, 0.6) is 11.5 Å². The SMILES string of the molecule is O=C1CC(=O)N2C1Cc1c([nH]c3ccccc13)C2c1ccc2c(c1)OCO2. The molecule has 1 N–H and O–H groups in total. The maximum Gasteiger partial charge on any atom is 0.231 e. The van der Waals surface area contributed by atoms with Gasteiger partial charge in [0.15, 0.2) is 17.3 Å². The van der Waals surface area contributed by atoms with Gasteiger partial charge in [-0.25, -0.2) is 0 Å². The molecule has 1 aromatic heterocycles. The molecule has 6 heteroatoms. The van der Waals surface area contributed by atoms with Crippen LogP contribution >= 0.6 is 0 Å². The Hall–Kier alpha value is -3.28. The summed E-state index contributed by atoms with van der Waals surface area (Å²) in [5.41, 5.74) is 4.04. The van der Waals surface area contributed by atoms with Gasteiger partial charge in [0.25, 0.3) is 0 Å². The Morgan fingerprint density at radius 2 is 1.89 bits per heavy atom. The number of rotatable bonds is 1. The first-order chi connectivity index (χ1) is 13.2. The molecule has 0 bridgehead atoms. The second-order valence-corrected chi connectivity index (χ2v) is 7.24. The van der Waals surface area contributed by atoms with E-state index in [1.54, 1.807) is 4.90 Å². The van der Waals surface area contributed by atoms with Gasteiger partial charge in [0, 0.05) is 23.0 Å². The normalized spacial score (nSPS) is 23.0. The van der Waals surface area contributed by atoms with Crippen LogP contribution in [0.2, 0.25) is 0 Å². The third-order valence-electron chi connectivity index (χ3n) is 5.83. The molecule has 1 saturated heterocycles. The van der Waals surface area contributed by atoms with Crippen molar-refractivity contribution in [3.05, 3.63) is 59.3 Å². The Labute approximate surface area is 154 Å². The molecule has 0 radical (unpaired) electrons. The largest absolute Gasteiger partial charge is 0.454 e. The van der Waals surface area contributed by atoms with Gasteiger partial charge in [0.2, 0.25) is 12.7 Å². The van der Waals surface area contributed by atoms with E-state index in [1.807, 2.05) is 36.4 Å². The lowest BCUT2D eigenvalue weighted by Crippen LogP contribution is -2.44. The molecule has 4 heterocycles. The lowest BCUT2D eigenvalue weighted by atomic mass is 9.88. The zero-order valence-corrected chi connectivity index (χ0v) is 14.4. The summed E-state index contributed by atoms with van der Waals surface area (Å²) in [5.74, 6) is 1.26. The minimum Gasteiger partial charge on any atom is -0.454 e. The van der Waals surface area contributed by atoms with Crippen LogP contribution in [-0.4, -0.2) is 34.4 Å². The molecule has 0 aliphatic carbocycles. The smallest absolute Gasteiger partial charge is 0.231 e. The van der Waals surface area contributed by atoms with Gasteiger partial charge in [0.1, 0.15) is 0 Å². The van der Waals surface area contributed by atoms with Crippen LogP contribution < -0.4 is 9.47 Å². The number of nitrogens with zero attached hydrogens (tertiary/aromatic N) is 1. The topological polar surface area (TPSA) is 71.6 Å². The van der Waals surface area contributed by atoms with E-state index in [-0.39, 0.29) is 30.9 Å². The van der Waals surface area contributed by atoms with Gasteiger partial charge < -0.3 is 19.4 Å². The van der Waals surface area contributed by atoms with Gasteiger partial charge in [-0.3, -0.25) is 9.59 Å². The van der Waals surface area contributed by atoms with Gasteiger partial charge in [-0.05, 0) is 29.3 Å². The highest BCUT2D eigenvalue weighted by atomic mass is 16.7. The standard InChI is InChI=1S/C21H16N2O4/c24-16-9-19(25)23-15(16)8-13-12-3-1-2-4-14(12)22-20(13)21(23)11-5-6-17-18(7-11)27-10-26-17/h1-7,15,21-22H,8-10H2. The van der Waals surface area contributed by atoms with Crippen molar-refractivity contribution in [1.29, 1.82) is 0 Å². The number of benzene rings is 2. The van der Waals surface area contributed by atoms with E-state index in [2.05, 4.69) is 11.1 Å². The summed E-state index contributed by atoms with van der Waals surface area (Å²) in [6, 6.07) is 13.1. The van der Waals surface area contributed by atoms with Crippen molar-refractivity contribution in [2.45, 2.75) is 24.9 Å². The lowest BCUT2D eigenvalue weighted by molar-refractivity contribution is -0.131. The molecule has 2 aromatic carbocycles. The van der Waals surface area contributed by atoms with Crippen molar-refractivity contribution in [1.82, 2.24) is 9.88 Å². The molecule has 134 valence electrons. The Balaban J connectivity index is 1.60. The predicted octanol–water partition coefficient (Wildman–Crippen LogP) is 2.71. The first-order valence-corrected chi connectivity index (χ1v) is 9.03. The quantitative estimate of drug-likeness (QED) is 0.678. The van der Waals surface area contributed by atoms with Gasteiger partial charge in [-0.1, -0.05) is 24.3 Å². The molecular formula is C21H16N2O4. The number of carbonyl (C=O) groups excluding carboxylic acids is 2. The Morgan fingerprint density at radius 3 is 2.81 bits per heavy atom. The number of carbonyl (C=O) groups is 2. The number of aromatic amines is 1. The average molecular weight is 360 g/mol. The summed E-state index contributed by atoms with van der Waals surface area (Å²) < 4.78 is 11.0. The van der Waals surface area contributed by atoms with E-state index < -0.39 is 6.04 Å². The van der Waals surface area contributed by atoms with E-state index >= 15 is 0 Å². The number of nitrogens with one attached hydrogen (secondary N) is 1. The molecule has 1 fully saturated rings. The molecule has 2 unspecified atom stereocenters.